The highest BCUT2D eigenvalue weighted by Gasteiger charge is 2.21. The van der Waals surface area contributed by atoms with Crippen molar-refractivity contribution in [2.24, 2.45) is 0 Å². The van der Waals surface area contributed by atoms with Crippen molar-refractivity contribution in [3.63, 3.8) is 0 Å². The summed E-state index contributed by atoms with van der Waals surface area (Å²) in [5, 5.41) is 8.64. The summed E-state index contributed by atoms with van der Waals surface area (Å²) in [6.07, 6.45) is 0.159. The van der Waals surface area contributed by atoms with Crippen LogP contribution in [0.15, 0.2) is 30.3 Å². The number of carboxylic acids is 1. The molecule has 110 valence electrons. The van der Waals surface area contributed by atoms with Crippen LogP contribution in [0.2, 0.25) is 0 Å². The van der Waals surface area contributed by atoms with Crippen molar-refractivity contribution in [1.29, 1.82) is 0 Å². The molecule has 1 N–H and O–H groups in total. The molecule has 1 aliphatic rings. The Hall–Kier alpha value is -1.59. The summed E-state index contributed by atoms with van der Waals surface area (Å²) in [6.45, 7) is 3.36. The van der Waals surface area contributed by atoms with Gasteiger partial charge >= 0.3 is 5.97 Å². The van der Waals surface area contributed by atoms with E-state index < -0.39 is 5.97 Å². The van der Waals surface area contributed by atoms with Crippen LogP contribution >= 0.6 is 12.4 Å². The Kier molecular flexibility index (Phi) is 6.48. The average molecular weight is 299 g/mol. The standard InChI is InChI=1S/C14H18N2O3.ClH/c17-13(18)6-7-15-8-10-16(11-9-15)14(19)12-4-2-1-3-5-12;/h1-5H,6-11H2,(H,17,18);1H. The normalized spacial score (nSPS) is 15.5. The van der Waals surface area contributed by atoms with Gasteiger partial charge in [0, 0.05) is 38.3 Å². The van der Waals surface area contributed by atoms with E-state index >= 15 is 0 Å². The summed E-state index contributed by atoms with van der Waals surface area (Å²) in [4.78, 5) is 26.6. The Bertz CT molecular complexity index is 445. The van der Waals surface area contributed by atoms with E-state index in [9.17, 15) is 9.59 Å². The van der Waals surface area contributed by atoms with E-state index in [0.717, 1.165) is 13.1 Å². The van der Waals surface area contributed by atoms with E-state index in [2.05, 4.69) is 4.90 Å². The molecule has 1 heterocycles. The number of piperazine rings is 1. The predicted molar refractivity (Wildman–Crippen MR) is 78.3 cm³/mol. The number of carbonyl (C=O) groups is 2. The number of hydrogen-bond acceptors (Lipinski definition) is 3. The Morgan fingerprint density at radius 1 is 1.05 bits per heavy atom. The zero-order valence-electron chi connectivity index (χ0n) is 11.2. The monoisotopic (exact) mass is 298 g/mol. The Balaban J connectivity index is 0.00000200. The molecule has 0 bridgehead atoms. The maximum absolute atomic E-state index is 12.2. The lowest BCUT2D eigenvalue weighted by molar-refractivity contribution is -0.137. The molecule has 0 spiro atoms. The number of hydrogen-bond donors (Lipinski definition) is 1. The van der Waals surface area contributed by atoms with Crippen LogP contribution in [0.1, 0.15) is 16.8 Å². The van der Waals surface area contributed by atoms with Crippen molar-refractivity contribution in [2.75, 3.05) is 32.7 Å². The third kappa shape index (κ3) is 4.51. The summed E-state index contributed by atoms with van der Waals surface area (Å²) in [7, 11) is 0. The van der Waals surface area contributed by atoms with E-state index in [4.69, 9.17) is 5.11 Å². The van der Waals surface area contributed by atoms with Crippen molar-refractivity contribution >= 4 is 24.3 Å². The third-order valence-electron chi connectivity index (χ3n) is 3.32. The summed E-state index contributed by atoms with van der Waals surface area (Å²) in [6, 6.07) is 9.24. The maximum Gasteiger partial charge on any atom is 0.304 e. The topological polar surface area (TPSA) is 60.9 Å². The molecule has 1 amide bonds. The molecule has 0 unspecified atom stereocenters. The number of rotatable bonds is 4. The fraction of sp³-hybridized carbons (Fsp3) is 0.429. The molecule has 6 heteroatoms. The molecular formula is C14H19ClN2O3. The van der Waals surface area contributed by atoms with Gasteiger partial charge in [0.2, 0.25) is 0 Å². The zero-order valence-corrected chi connectivity index (χ0v) is 12.0. The lowest BCUT2D eigenvalue weighted by Gasteiger charge is -2.34. The van der Waals surface area contributed by atoms with E-state index in [1.807, 2.05) is 35.2 Å². The van der Waals surface area contributed by atoms with Crippen LogP contribution in [0.25, 0.3) is 0 Å². The average Bonchev–Trinajstić information content (AvgIpc) is 2.46. The Labute approximate surface area is 124 Å². The van der Waals surface area contributed by atoms with Gasteiger partial charge in [0.15, 0.2) is 0 Å². The van der Waals surface area contributed by atoms with Gasteiger partial charge in [-0.05, 0) is 12.1 Å². The minimum Gasteiger partial charge on any atom is -0.481 e. The minimum atomic E-state index is -0.775. The van der Waals surface area contributed by atoms with Crippen molar-refractivity contribution in [2.45, 2.75) is 6.42 Å². The fourth-order valence-corrected chi connectivity index (χ4v) is 2.19. The molecule has 20 heavy (non-hydrogen) atoms. The first kappa shape index (κ1) is 16.5. The van der Waals surface area contributed by atoms with Crippen molar-refractivity contribution in [3.05, 3.63) is 35.9 Å². The molecule has 0 radical (unpaired) electrons. The number of nitrogens with zero attached hydrogens (tertiary/aromatic N) is 2. The molecule has 0 atom stereocenters. The van der Waals surface area contributed by atoms with Crippen LogP contribution in [-0.2, 0) is 4.79 Å². The van der Waals surface area contributed by atoms with Crippen LogP contribution in [0.4, 0.5) is 0 Å². The first-order chi connectivity index (χ1) is 9.16. The van der Waals surface area contributed by atoms with Crippen LogP contribution < -0.4 is 0 Å². The second-order valence-electron chi connectivity index (χ2n) is 4.64. The molecule has 1 aromatic carbocycles. The fourth-order valence-electron chi connectivity index (χ4n) is 2.19. The molecule has 0 aliphatic carbocycles. The lowest BCUT2D eigenvalue weighted by Crippen LogP contribution is -2.49. The van der Waals surface area contributed by atoms with Crippen molar-refractivity contribution in [3.8, 4) is 0 Å². The molecular weight excluding hydrogens is 280 g/mol. The van der Waals surface area contributed by atoms with Crippen LogP contribution in [0, 0.1) is 0 Å². The van der Waals surface area contributed by atoms with E-state index in [0.29, 0.717) is 25.2 Å². The summed E-state index contributed by atoms with van der Waals surface area (Å²) in [5.41, 5.74) is 0.710. The number of carbonyl (C=O) groups excluding carboxylic acids is 1. The molecule has 0 aromatic heterocycles. The van der Waals surface area contributed by atoms with Gasteiger partial charge in [-0.25, -0.2) is 0 Å². The highest BCUT2D eigenvalue weighted by Crippen LogP contribution is 2.08. The SMILES string of the molecule is Cl.O=C(O)CCN1CCN(C(=O)c2ccccc2)CC1. The number of amides is 1. The van der Waals surface area contributed by atoms with Gasteiger partial charge in [-0.15, -0.1) is 12.4 Å². The molecule has 1 fully saturated rings. The molecule has 2 rings (SSSR count). The lowest BCUT2D eigenvalue weighted by atomic mass is 10.2. The predicted octanol–water partition coefficient (Wildman–Crippen LogP) is 1.34. The molecule has 5 nitrogen and oxygen atoms in total. The minimum absolute atomic E-state index is 0. The summed E-state index contributed by atoms with van der Waals surface area (Å²) < 4.78 is 0. The van der Waals surface area contributed by atoms with Crippen LogP contribution in [-0.4, -0.2) is 59.5 Å². The van der Waals surface area contributed by atoms with Gasteiger partial charge in [-0.3, -0.25) is 14.5 Å². The summed E-state index contributed by atoms with van der Waals surface area (Å²) >= 11 is 0. The first-order valence-electron chi connectivity index (χ1n) is 6.45. The molecule has 0 saturated carbocycles. The quantitative estimate of drug-likeness (QED) is 0.911. The van der Waals surface area contributed by atoms with Crippen molar-refractivity contribution in [1.82, 2.24) is 9.80 Å². The zero-order chi connectivity index (χ0) is 13.7. The Morgan fingerprint density at radius 3 is 2.20 bits per heavy atom. The first-order valence-corrected chi connectivity index (χ1v) is 6.45. The van der Waals surface area contributed by atoms with Crippen molar-refractivity contribution < 1.29 is 14.7 Å². The van der Waals surface area contributed by atoms with E-state index in [1.54, 1.807) is 0 Å². The third-order valence-corrected chi connectivity index (χ3v) is 3.32. The number of halogens is 1. The number of benzene rings is 1. The van der Waals surface area contributed by atoms with Gasteiger partial charge < -0.3 is 10.0 Å². The second-order valence-corrected chi connectivity index (χ2v) is 4.64. The van der Waals surface area contributed by atoms with Gasteiger partial charge in [0.05, 0.1) is 6.42 Å². The van der Waals surface area contributed by atoms with Crippen LogP contribution in [0.3, 0.4) is 0 Å². The van der Waals surface area contributed by atoms with Gasteiger partial charge in [-0.1, -0.05) is 18.2 Å². The smallest absolute Gasteiger partial charge is 0.304 e. The van der Waals surface area contributed by atoms with Gasteiger partial charge in [0.1, 0.15) is 0 Å². The second kappa shape index (κ2) is 7.87. The summed E-state index contributed by atoms with van der Waals surface area (Å²) in [5.74, 6) is -0.721. The maximum atomic E-state index is 12.2. The molecule has 1 saturated heterocycles. The number of carboxylic acid groups (broad SMARTS) is 1. The van der Waals surface area contributed by atoms with E-state index in [1.165, 1.54) is 0 Å². The van der Waals surface area contributed by atoms with Gasteiger partial charge in [0.25, 0.3) is 5.91 Å². The highest BCUT2D eigenvalue weighted by molar-refractivity contribution is 5.94. The molecule has 1 aromatic rings. The highest BCUT2D eigenvalue weighted by atomic mass is 35.5. The van der Waals surface area contributed by atoms with Gasteiger partial charge in [-0.2, -0.15) is 0 Å². The molecule has 1 aliphatic heterocycles. The van der Waals surface area contributed by atoms with Crippen LogP contribution in [0.5, 0.6) is 0 Å². The number of aliphatic carboxylic acids is 1. The largest absolute Gasteiger partial charge is 0.481 e. The van der Waals surface area contributed by atoms with E-state index in [-0.39, 0.29) is 24.7 Å². The Morgan fingerprint density at radius 2 is 1.65 bits per heavy atom.